The number of rotatable bonds is 5. The van der Waals surface area contributed by atoms with Gasteiger partial charge in [-0.25, -0.2) is 13.1 Å². The number of ether oxygens (including phenoxy) is 1. The second kappa shape index (κ2) is 5.88. The van der Waals surface area contributed by atoms with Crippen molar-refractivity contribution in [2.45, 2.75) is 24.3 Å². The van der Waals surface area contributed by atoms with Gasteiger partial charge in [-0.05, 0) is 32.0 Å². The van der Waals surface area contributed by atoms with E-state index in [-0.39, 0.29) is 22.0 Å². The predicted octanol–water partition coefficient (Wildman–Crippen LogP) is 1.91. The molecule has 0 atom stereocenters. The zero-order chi connectivity index (χ0) is 14.7. The lowest BCUT2D eigenvalue weighted by atomic mass is 10.1. The Bertz CT molecular complexity index is 606. The first-order valence-electron chi connectivity index (χ1n) is 5.46. The van der Waals surface area contributed by atoms with E-state index in [9.17, 15) is 8.42 Å². The van der Waals surface area contributed by atoms with Gasteiger partial charge in [-0.15, -0.1) is 0 Å². The number of halogens is 1. The molecule has 1 aromatic carbocycles. The smallest absolute Gasteiger partial charge is 0.240 e. The SMILES string of the molecule is COC(C)(C)CNS(=O)(=O)c1ccc(C#N)c(Cl)c1. The van der Waals surface area contributed by atoms with E-state index >= 15 is 0 Å². The van der Waals surface area contributed by atoms with Gasteiger partial charge in [0.2, 0.25) is 10.0 Å². The fourth-order valence-corrected chi connectivity index (χ4v) is 2.69. The second-order valence-corrected chi connectivity index (χ2v) is 6.72. The molecule has 1 aromatic rings. The van der Waals surface area contributed by atoms with Gasteiger partial charge in [-0.1, -0.05) is 11.6 Å². The van der Waals surface area contributed by atoms with Crippen LogP contribution in [0.25, 0.3) is 0 Å². The summed E-state index contributed by atoms with van der Waals surface area (Å²) in [5.41, 5.74) is -0.374. The van der Waals surface area contributed by atoms with Gasteiger partial charge in [0.1, 0.15) is 6.07 Å². The summed E-state index contributed by atoms with van der Waals surface area (Å²) in [5, 5.41) is 8.85. The highest BCUT2D eigenvalue weighted by Gasteiger charge is 2.22. The third-order valence-corrected chi connectivity index (χ3v) is 4.32. The Kier molecular flexibility index (Phi) is 4.93. The van der Waals surface area contributed by atoms with Crippen molar-refractivity contribution in [2.24, 2.45) is 0 Å². The molecule has 0 aromatic heterocycles. The maximum absolute atomic E-state index is 12.0. The molecule has 0 spiro atoms. The minimum atomic E-state index is -3.67. The highest BCUT2D eigenvalue weighted by atomic mass is 35.5. The van der Waals surface area contributed by atoms with Gasteiger partial charge in [0.25, 0.3) is 0 Å². The molecule has 0 saturated heterocycles. The number of hydrogen-bond acceptors (Lipinski definition) is 4. The largest absolute Gasteiger partial charge is 0.377 e. The molecular weight excluding hydrogens is 288 g/mol. The molecule has 0 radical (unpaired) electrons. The fraction of sp³-hybridized carbons (Fsp3) is 0.417. The predicted molar refractivity (Wildman–Crippen MR) is 72.4 cm³/mol. The monoisotopic (exact) mass is 302 g/mol. The first-order valence-corrected chi connectivity index (χ1v) is 7.32. The quantitative estimate of drug-likeness (QED) is 0.901. The number of nitrogens with one attached hydrogen (secondary N) is 1. The molecule has 0 fully saturated rings. The van der Waals surface area contributed by atoms with Gasteiger partial charge in [0.05, 0.1) is 21.1 Å². The van der Waals surface area contributed by atoms with E-state index in [0.29, 0.717) is 0 Å². The van der Waals surface area contributed by atoms with E-state index in [4.69, 9.17) is 21.6 Å². The number of methoxy groups -OCH3 is 1. The van der Waals surface area contributed by atoms with Crippen LogP contribution in [-0.4, -0.2) is 27.7 Å². The Hall–Kier alpha value is -1.13. The standard InChI is InChI=1S/C12H15ClN2O3S/c1-12(2,18-3)8-15-19(16,17)10-5-4-9(7-14)11(13)6-10/h4-6,15H,8H2,1-3H3. The van der Waals surface area contributed by atoms with Crippen LogP contribution in [0, 0.1) is 11.3 Å². The Morgan fingerprint density at radius 1 is 1.47 bits per heavy atom. The second-order valence-electron chi connectivity index (χ2n) is 4.54. The molecule has 0 saturated carbocycles. The Balaban J connectivity index is 2.96. The maximum atomic E-state index is 12.0. The summed E-state index contributed by atoms with van der Waals surface area (Å²) in [6.45, 7) is 3.66. The van der Waals surface area contributed by atoms with Crippen molar-refractivity contribution in [3.05, 3.63) is 28.8 Å². The van der Waals surface area contributed by atoms with Gasteiger partial charge < -0.3 is 4.74 Å². The van der Waals surface area contributed by atoms with Crippen LogP contribution in [0.4, 0.5) is 0 Å². The lowest BCUT2D eigenvalue weighted by molar-refractivity contribution is 0.0276. The van der Waals surface area contributed by atoms with E-state index in [0.717, 1.165) is 0 Å². The number of benzene rings is 1. The zero-order valence-corrected chi connectivity index (χ0v) is 12.5. The maximum Gasteiger partial charge on any atom is 0.240 e. The molecule has 0 aliphatic heterocycles. The lowest BCUT2D eigenvalue weighted by Crippen LogP contribution is -2.39. The number of nitrogens with zero attached hydrogens (tertiary/aromatic N) is 1. The Morgan fingerprint density at radius 3 is 2.58 bits per heavy atom. The minimum absolute atomic E-state index is 0.0170. The van der Waals surface area contributed by atoms with Crippen LogP contribution in [0.3, 0.4) is 0 Å². The zero-order valence-electron chi connectivity index (χ0n) is 10.9. The molecule has 0 aliphatic carbocycles. The summed E-state index contributed by atoms with van der Waals surface area (Å²) in [5.74, 6) is 0. The van der Waals surface area contributed by atoms with Crippen molar-refractivity contribution in [3.63, 3.8) is 0 Å². The van der Waals surface area contributed by atoms with Gasteiger partial charge in [-0.2, -0.15) is 5.26 Å². The van der Waals surface area contributed by atoms with Crippen LogP contribution in [-0.2, 0) is 14.8 Å². The first-order chi connectivity index (χ1) is 8.72. The third-order valence-electron chi connectivity index (χ3n) is 2.61. The summed E-state index contributed by atoms with van der Waals surface area (Å²) < 4.78 is 31.6. The summed E-state index contributed by atoms with van der Waals surface area (Å²) >= 11 is 5.81. The van der Waals surface area contributed by atoms with Crippen LogP contribution in [0.5, 0.6) is 0 Å². The van der Waals surface area contributed by atoms with Crippen molar-refractivity contribution in [1.29, 1.82) is 5.26 Å². The highest BCUT2D eigenvalue weighted by Crippen LogP contribution is 2.20. The molecule has 104 valence electrons. The summed E-state index contributed by atoms with van der Waals surface area (Å²) in [6.07, 6.45) is 0. The highest BCUT2D eigenvalue weighted by molar-refractivity contribution is 7.89. The molecule has 0 amide bonds. The van der Waals surface area contributed by atoms with E-state index in [1.807, 2.05) is 6.07 Å². The Morgan fingerprint density at radius 2 is 2.11 bits per heavy atom. The number of sulfonamides is 1. The average molecular weight is 303 g/mol. The molecular formula is C12H15ClN2O3S. The molecule has 1 rings (SSSR count). The Labute approximate surface area is 118 Å². The van der Waals surface area contributed by atoms with Crippen LogP contribution in [0.1, 0.15) is 19.4 Å². The summed E-state index contributed by atoms with van der Waals surface area (Å²) in [4.78, 5) is 0.0170. The van der Waals surface area contributed by atoms with Gasteiger partial charge in [0.15, 0.2) is 0 Å². The van der Waals surface area contributed by atoms with Gasteiger partial charge >= 0.3 is 0 Å². The van der Waals surface area contributed by atoms with Crippen LogP contribution >= 0.6 is 11.6 Å². The first kappa shape index (κ1) is 15.9. The van der Waals surface area contributed by atoms with E-state index in [2.05, 4.69) is 4.72 Å². The van der Waals surface area contributed by atoms with Crippen LogP contribution < -0.4 is 4.72 Å². The molecule has 1 N–H and O–H groups in total. The van der Waals surface area contributed by atoms with E-state index in [1.165, 1.54) is 25.3 Å². The lowest BCUT2D eigenvalue weighted by Gasteiger charge is -2.23. The van der Waals surface area contributed by atoms with E-state index < -0.39 is 15.6 Å². The fourth-order valence-electron chi connectivity index (χ4n) is 1.18. The van der Waals surface area contributed by atoms with Crippen molar-refractivity contribution < 1.29 is 13.2 Å². The topological polar surface area (TPSA) is 79.2 Å². The van der Waals surface area contributed by atoms with Crippen molar-refractivity contribution >= 4 is 21.6 Å². The summed E-state index contributed by atoms with van der Waals surface area (Å²) in [6, 6.07) is 5.84. The van der Waals surface area contributed by atoms with Crippen LogP contribution in [0.2, 0.25) is 5.02 Å². The summed E-state index contributed by atoms with van der Waals surface area (Å²) in [7, 11) is -2.17. The normalized spacial score (nSPS) is 12.2. The molecule has 0 bridgehead atoms. The number of hydrogen-bond donors (Lipinski definition) is 1. The molecule has 0 unspecified atom stereocenters. The molecule has 0 aliphatic rings. The average Bonchev–Trinajstić information content (AvgIpc) is 2.36. The van der Waals surface area contributed by atoms with Crippen molar-refractivity contribution in [1.82, 2.24) is 4.72 Å². The molecule has 7 heteroatoms. The van der Waals surface area contributed by atoms with Crippen LogP contribution in [0.15, 0.2) is 23.1 Å². The number of nitriles is 1. The van der Waals surface area contributed by atoms with Crippen molar-refractivity contribution in [3.8, 4) is 6.07 Å². The molecule has 0 heterocycles. The van der Waals surface area contributed by atoms with Crippen molar-refractivity contribution in [2.75, 3.05) is 13.7 Å². The molecule has 19 heavy (non-hydrogen) atoms. The molecule has 5 nitrogen and oxygen atoms in total. The minimum Gasteiger partial charge on any atom is -0.377 e. The van der Waals surface area contributed by atoms with Gasteiger partial charge in [0, 0.05) is 13.7 Å². The van der Waals surface area contributed by atoms with E-state index in [1.54, 1.807) is 13.8 Å². The van der Waals surface area contributed by atoms with Gasteiger partial charge in [-0.3, -0.25) is 0 Å². The third kappa shape index (κ3) is 4.18.